The molecule has 0 fully saturated rings. The molecule has 1 aromatic rings. The minimum Gasteiger partial charge on any atom is -0.497 e. The van der Waals surface area contributed by atoms with Gasteiger partial charge in [0.15, 0.2) is 0 Å². The number of carbonyl (C=O) groups is 2. The molecule has 0 heterocycles. The summed E-state index contributed by atoms with van der Waals surface area (Å²) < 4.78 is 10.3. The second-order valence-electron chi connectivity index (χ2n) is 5.12. The molecule has 0 saturated carbocycles. The first-order valence-corrected chi connectivity index (χ1v) is 7.16. The molecule has 0 radical (unpaired) electrons. The number of carboxylic acid groups (broad SMARTS) is 1. The summed E-state index contributed by atoms with van der Waals surface area (Å²) in [5, 5.41) is 11.8. The third-order valence-corrected chi connectivity index (χ3v) is 3.63. The van der Waals surface area contributed by atoms with Crippen LogP contribution < -0.4 is 14.8 Å². The van der Waals surface area contributed by atoms with E-state index in [4.69, 9.17) is 9.47 Å². The average Bonchev–Trinajstić information content (AvgIpc) is 2.51. The number of methoxy groups -OCH3 is 2. The van der Waals surface area contributed by atoms with Crippen molar-refractivity contribution in [1.82, 2.24) is 5.32 Å². The van der Waals surface area contributed by atoms with Crippen molar-refractivity contribution in [2.24, 2.45) is 5.92 Å². The molecule has 0 spiro atoms. The number of benzene rings is 1. The third-order valence-electron chi connectivity index (χ3n) is 3.63. The molecule has 0 aliphatic rings. The summed E-state index contributed by atoms with van der Waals surface area (Å²) in [6.07, 6.45) is 0.695. The van der Waals surface area contributed by atoms with Crippen LogP contribution in [-0.2, 0) is 16.0 Å². The summed E-state index contributed by atoms with van der Waals surface area (Å²) >= 11 is 0. The summed E-state index contributed by atoms with van der Waals surface area (Å²) in [7, 11) is 3.05. The topological polar surface area (TPSA) is 84.9 Å². The van der Waals surface area contributed by atoms with E-state index < -0.39 is 12.0 Å². The summed E-state index contributed by atoms with van der Waals surface area (Å²) in [6.45, 7) is 3.68. The average molecular weight is 309 g/mol. The molecule has 122 valence electrons. The van der Waals surface area contributed by atoms with E-state index in [1.807, 2.05) is 6.92 Å². The maximum atomic E-state index is 12.1. The van der Waals surface area contributed by atoms with Gasteiger partial charge >= 0.3 is 5.97 Å². The van der Waals surface area contributed by atoms with Crippen molar-refractivity contribution in [2.45, 2.75) is 32.7 Å². The standard InChI is InChI=1S/C16H23NO5/c1-5-10(2)15(16(19)20)17-14(18)9-11-8-12(21-3)6-7-13(11)22-4/h6-8,10,15H,5,9H2,1-4H3,(H,17,18)(H,19,20)/t10-,15-/m0/s1. The predicted octanol–water partition coefficient (Wildman–Crippen LogP) is 1.86. The first-order chi connectivity index (χ1) is 10.4. The van der Waals surface area contributed by atoms with E-state index in [1.165, 1.54) is 14.2 Å². The van der Waals surface area contributed by atoms with Gasteiger partial charge in [-0.25, -0.2) is 4.79 Å². The zero-order valence-corrected chi connectivity index (χ0v) is 13.4. The van der Waals surface area contributed by atoms with Crippen LogP contribution in [0.4, 0.5) is 0 Å². The quantitative estimate of drug-likeness (QED) is 0.765. The SMILES string of the molecule is CC[C@H](C)[C@H](NC(=O)Cc1cc(OC)ccc1OC)C(=O)O. The Kier molecular flexibility index (Phi) is 6.69. The number of rotatable bonds is 8. The smallest absolute Gasteiger partial charge is 0.326 e. The Bertz CT molecular complexity index is 529. The van der Waals surface area contributed by atoms with Crippen molar-refractivity contribution >= 4 is 11.9 Å². The van der Waals surface area contributed by atoms with Crippen LogP contribution in [0.1, 0.15) is 25.8 Å². The number of hydrogen-bond donors (Lipinski definition) is 2. The minimum atomic E-state index is -1.03. The van der Waals surface area contributed by atoms with Gasteiger partial charge in [-0.05, 0) is 24.1 Å². The molecule has 0 saturated heterocycles. The molecule has 0 aliphatic carbocycles. The highest BCUT2D eigenvalue weighted by Gasteiger charge is 2.25. The molecule has 22 heavy (non-hydrogen) atoms. The molecule has 1 aromatic carbocycles. The fourth-order valence-corrected chi connectivity index (χ4v) is 2.10. The van der Waals surface area contributed by atoms with Gasteiger partial charge in [0.25, 0.3) is 0 Å². The van der Waals surface area contributed by atoms with Crippen molar-refractivity contribution in [1.29, 1.82) is 0 Å². The fourth-order valence-electron chi connectivity index (χ4n) is 2.10. The van der Waals surface area contributed by atoms with Gasteiger partial charge in [-0.3, -0.25) is 4.79 Å². The molecular weight excluding hydrogens is 286 g/mol. The van der Waals surface area contributed by atoms with Crippen molar-refractivity contribution in [3.63, 3.8) is 0 Å². The Morgan fingerprint density at radius 2 is 1.95 bits per heavy atom. The summed E-state index contributed by atoms with van der Waals surface area (Å²) in [5.41, 5.74) is 0.646. The molecule has 2 atom stereocenters. The molecular formula is C16H23NO5. The Morgan fingerprint density at radius 1 is 1.27 bits per heavy atom. The first-order valence-electron chi connectivity index (χ1n) is 7.16. The Morgan fingerprint density at radius 3 is 2.45 bits per heavy atom. The number of nitrogens with one attached hydrogen (secondary N) is 1. The number of carbonyl (C=O) groups excluding carboxylic acids is 1. The van der Waals surface area contributed by atoms with E-state index in [9.17, 15) is 14.7 Å². The maximum Gasteiger partial charge on any atom is 0.326 e. The molecule has 0 aromatic heterocycles. The van der Waals surface area contributed by atoms with Gasteiger partial charge in [0.2, 0.25) is 5.91 Å². The van der Waals surface area contributed by atoms with Gasteiger partial charge < -0.3 is 19.9 Å². The zero-order valence-electron chi connectivity index (χ0n) is 13.4. The predicted molar refractivity (Wildman–Crippen MR) is 82.3 cm³/mol. The number of hydrogen-bond acceptors (Lipinski definition) is 4. The Labute approximate surface area is 130 Å². The van der Waals surface area contributed by atoms with E-state index in [0.29, 0.717) is 23.5 Å². The molecule has 1 rings (SSSR count). The van der Waals surface area contributed by atoms with Gasteiger partial charge in [-0.1, -0.05) is 20.3 Å². The molecule has 6 nitrogen and oxygen atoms in total. The number of ether oxygens (including phenoxy) is 2. The van der Waals surface area contributed by atoms with Crippen molar-refractivity contribution in [3.05, 3.63) is 23.8 Å². The van der Waals surface area contributed by atoms with Gasteiger partial charge in [0, 0.05) is 5.56 Å². The molecule has 0 bridgehead atoms. The highest BCUT2D eigenvalue weighted by molar-refractivity contribution is 5.85. The second kappa shape index (κ2) is 8.26. The lowest BCUT2D eigenvalue weighted by Gasteiger charge is -2.20. The van der Waals surface area contributed by atoms with Crippen LogP contribution in [0.25, 0.3) is 0 Å². The molecule has 0 aliphatic heterocycles. The Balaban J connectivity index is 2.85. The maximum absolute atomic E-state index is 12.1. The van der Waals surface area contributed by atoms with Crippen LogP contribution in [0.15, 0.2) is 18.2 Å². The summed E-state index contributed by atoms with van der Waals surface area (Å²) in [4.78, 5) is 23.4. The fraction of sp³-hybridized carbons (Fsp3) is 0.500. The van der Waals surface area contributed by atoms with E-state index in [1.54, 1.807) is 25.1 Å². The highest BCUT2D eigenvalue weighted by Crippen LogP contribution is 2.24. The minimum absolute atomic E-state index is 0.0284. The van der Waals surface area contributed by atoms with Crippen molar-refractivity contribution < 1.29 is 24.2 Å². The van der Waals surface area contributed by atoms with Gasteiger partial charge in [-0.15, -0.1) is 0 Å². The van der Waals surface area contributed by atoms with Gasteiger partial charge in [0.05, 0.1) is 20.6 Å². The largest absolute Gasteiger partial charge is 0.497 e. The molecule has 6 heteroatoms. The Hall–Kier alpha value is -2.24. The van der Waals surface area contributed by atoms with Crippen LogP contribution in [0.3, 0.4) is 0 Å². The second-order valence-corrected chi connectivity index (χ2v) is 5.12. The molecule has 1 amide bonds. The lowest BCUT2D eigenvalue weighted by Crippen LogP contribution is -2.45. The van der Waals surface area contributed by atoms with Crippen LogP contribution in [0.5, 0.6) is 11.5 Å². The van der Waals surface area contributed by atoms with Crippen LogP contribution in [0, 0.1) is 5.92 Å². The van der Waals surface area contributed by atoms with Crippen LogP contribution in [-0.4, -0.2) is 37.2 Å². The number of amides is 1. The number of carboxylic acids is 1. The third kappa shape index (κ3) is 4.65. The van der Waals surface area contributed by atoms with E-state index in [2.05, 4.69) is 5.32 Å². The van der Waals surface area contributed by atoms with Crippen LogP contribution in [0.2, 0.25) is 0 Å². The lowest BCUT2D eigenvalue weighted by atomic mass is 9.99. The van der Waals surface area contributed by atoms with Crippen molar-refractivity contribution in [2.75, 3.05) is 14.2 Å². The van der Waals surface area contributed by atoms with Gasteiger partial charge in [0.1, 0.15) is 17.5 Å². The van der Waals surface area contributed by atoms with Crippen LogP contribution >= 0.6 is 0 Å². The molecule has 2 N–H and O–H groups in total. The normalized spacial score (nSPS) is 13.1. The first kappa shape index (κ1) is 17.8. The lowest BCUT2D eigenvalue weighted by molar-refractivity contribution is -0.143. The summed E-state index contributed by atoms with van der Waals surface area (Å²) in [5.74, 6) is -0.361. The highest BCUT2D eigenvalue weighted by atomic mass is 16.5. The van der Waals surface area contributed by atoms with Gasteiger partial charge in [-0.2, -0.15) is 0 Å². The molecule has 0 unspecified atom stereocenters. The zero-order chi connectivity index (χ0) is 16.7. The van der Waals surface area contributed by atoms with Crippen molar-refractivity contribution in [3.8, 4) is 11.5 Å². The van der Waals surface area contributed by atoms with E-state index in [-0.39, 0.29) is 18.2 Å². The van der Waals surface area contributed by atoms with E-state index in [0.717, 1.165) is 0 Å². The monoisotopic (exact) mass is 309 g/mol. The van der Waals surface area contributed by atoms with E-state index >= 15 is 0 Å². The summed E-state index contributed by atoms with van der Waals surface area (Å²) in [6, 6.07) is 4.26. The number of aliphatic carboxylic acids is 1.